The Labute approximate surface area is 165 Å². The highest BCUT2D eigenvalue weighted by atomic mass is 32.2. The van der Waals surface area contributed by atoms with Crippen LogP contribution in [0.25, 0.3) is 20.2 Å². The molecule has 0 amide bonds. The van der Waals surface area contributed by atoms with E-state index in [2.05, 4.69) is 9.46 Å². The number of hydrogen-bond acceptors (Lipinski definition) is 7. The van der Waals surface area contributed by atoms with E-state index in [-0.39, 0.29) is 16.5 Å². The van der Waals surface area contributed by atoms with Crippen molar-refractivity contribution >= 4 is 53.2 Å². The SMILES string of the molecule is COC(=O)[C@H](NS(=O)(=O)c1ccc2sc3cc([N+](=O)[O-])ccc3c2c1)C(C)C. The third-order valence-electron chi connectivity index (χ3n) is 4.35. The van der Waals surface area contributed by atoms with Gasteiger partial charge in [0, 0.05) is 32.3 Å². The third-order valence-corrected chi connectivity index (χ3v) is 6.92. The van der Waals surface area contributed by atoms with Gasteiger partial charge in [0.05, 0.1) is 16.9 Å². The van der Waals surface area contributed by atoms with Crippen LogP contribution in [0.3, 0.4) is 0 Å². The molecule has 0 aliphatic rings. The normalized spacial score (nSPS) is 13.1. The number of nitro groups is 1. The monoisotopic (exact) mass is 422 g/mol. The van der Waals surface area contributed by atoms with Crippen LogP contribution < -0.4 is 4.72 Å². The number of hydrogen-bond donors (Lipinski definition) is 1. The van der Waals surface area contributed by atoms with Crippen molar-refractivity contribution in [3.8, 4) is 0 Å². The summed E-state index contributed by atoms with van der Waals surface area (Å²) in [6.45, 7) is 3.43. The van der Waals surface area contributed by atoms with Gasteiger partial charge in [0.1, 0.15) is 6.04 Å². The second kappa shape index (κ2) is 7.46. The van der Waals surface area contributed by atoms with Gasteiger partial charge >= 0.3 is 5.97 Å². The quantitative estimate of drug-likeness (QED) is 0.370. The number of carbonyl (C=O) groups is 1. The van der Waals surface area contributed by atoms with E-state index in [0.29, 0.717) is 10.1 Å². The zero-order valence-corrected chi connectivity index (χ0v) is 17.0. The van der Waals surface area contributed by atoms with Gasteiger partial charge < -0.3 is 4.74 Å². The zero-order chi connectivity index (χ0) is 20.6. The number of thiophene rings is 1. The van der Waals surface area contributed by atoms with Crippen molar-refractivity contribution in [2.24, 2.45) is 5.92 Å². The van der Waals surface area contributed by atoms with E-state index >= 15 is 0 Å². The summed E-state index contributed by atoms with van der Waals surface area (Å²) in [5, 5.41) is 12.4. The first-order chi connectivity index (χ1) is 13.1. The lowest BCUT2D eigenvalue weighted by Crippen LogP contribution is -2.44. The number of methoxy groups -OCH3 is 1. The van der Waals surface area contributed by atoms with Crippen molar-refractivity contribution in [2.75, 3.05) is 7.11 Å². The van der Waals surface area contributed by atoms with Crippen molar-refractivity contribution in [1.29, 1.82) is 0 Å². The molecule has 0 radical (unpaired) electrons. The van der Waals surface area contributed by atoms with Crippen LogP contribution in [0.2, 0.25) is 0 Å². The number of non-ortho nitro benzene ring substituents is 1. The lowest BCUT2D eigenvalue weighted by atomic mass is 10.1. The summed E-state index contributed by atoms with van der Waals surface area (Å²) < 4.78 is 34.2. The maximum atomic E-state index is 12.8. The Balaban J connectivity index is 2.06. The molecule has 0 fully saturated rings. The van der Waals surface area contributed by atoms with E-state index in [1.54, 1.807) is 26.0 Å². The van der Waals surface area contributed by atoms with E-state index in [9.17, 15) is 23.3 Å². The van der Waals surface area contributed by atoms with E-state index in [0.717, 1.165) is 10.1 Å². The van der Waals surface area contributed by atoms with Crippen LogP contribution in [-0.2, 0) is 19.6 Å². The molecular weight excluding hydrogens is 404 g/mol. The molecular formula is C18H18N2O6S2. The van der Waals surface area contributed by atoms with Gasteiger partial charge in [0.25, 0.3) is 5.69 Å². The molecule has 10 heteroatoms. The van der Waals surface area contributed by atoms with Crippen molar-refractivity contribution in [2.45, 2.75) is 24.8 Å². The molecule has 8 nitrogen and oxygen atoms in total. The van der Waals surface area contributed by atoms with Crippen LogP contribution in [0.15, 0.2) is 41.3 Å². The van der Waals surface area contributed by atoms with E-state index < -0.39 is 27.0 Å². The van der Waals surface area contributed by atoms with Crippen LogP contribution in [0, 0.1) is 16.0 Å². The molecule has 28 heavy (non-hydrogen) atoms. The van der Waals surface area contributed by atoms with Crippen molar-refractivity contribution in [1.82, 2.24) is 4.72 Å². The Hall–Kier alpha value is -2.56. The number of nitrogens with one attached hydrogen (secondary N) is 1. The summed E-state index contributed by atoms with van der Waals surface area (Å²) in [5.74, 6) is -0.957. The highest BCUT2D eigenvalue weighted by Gasteiger charge is 2.29. The molecule has 0 saturated heterocycles. The number of carbonyl (C=O) groups excluding carboxylic acids is 1. The Morgan fingerprint density at radius 3 is 2.46 bits per heavy atom. The molecule has 0 aliphatic carbocycles. The zero-order valence-electron chi connectivity index (χ0n) is 15.3. The second-order valence-electron chi connectivity index (χ2n) is 6.56. The van der Waals surface area contributed by atoms with Gasteiger partial charge in [0.15, 0.2) is 0 Å². The molecule has 3 rings (SSSR count). The number of benzene rings is 2. The fraction of sp³-hybridized carbons (Fsp3) is 0.278. The molecule has 0 aliphatic heterocycles. The third kappa shape index (κ3) is 3.71. The summed E-state index contributed by atoms with van der Waals surface area (Å²) in [4.78, 5) is 22.4. The van der Waals surface area contributed by atoms with E-state index in [1.165, 1.54) is 42.7 Å². The summed E-state index contributed by atoms with van der Waals surface area (Å²) >= 11 is 1.35. The van der Waals surface area contributed by atoms with Gasteiger partial charge in [-0.15, -0.1) is 11.3 Å². The molecule has 1 N–H and O–H groups in total. The van der Waals surface area contributed by atoms with Crippen molar-refractivity contribution in [3.05, 3.63) is 46.5 Å². The number of nitro benzene ring substituents is 1. The van der Waals surface area contributed by atoms with Crippen LogP contribution in [0.1, 0.15) is 13.8 Å². The summed E-state index contributed by atoms with van der Waals surface area (Å²) in [7, 11) is -2.77. The van der Waals surface area contributed by atoms with Gasteiger partial charge in [-0.1, -0.05) is 13.8 Å². The van der Waals surface area contributed by atoms with Gasteiger partial charge in [-0.05, 0) is 30.2 Å². The molecule has 0 saturated carbocycles. The molecule has 148 valence electrons. The van der Waals surface area contributed by atoms with Gasteiger partial charge in [-0.25, -0.2) is 8.42 Å². The highest BCUT2D eigenvalue weighted by Crippen LogP contribution is 2.36. The minimum Gasteiger partial charge on any atom is -0.468 e. The number of nitrogens with zero attached hydrogens (tertiary/aromatic N) is 1. The summed E-state index contributed by atoms with van der Waals surface area (Å²) in [5.41, 5.74) is -0.0218. The maximum absolute atomic E-state index is 12.8. The Kier molecular flexibility index (Phi) is 5.37. The lowest BCUT2D eigenvalue weighted by Gasteiger charge is -2.19. The van der Waals surface area contributed by atoms with Crippen LogP contribution in [0.4, 0.5) is 5.69 Å². The molecule has 1 aromatic heterocycles. The average molecular weight is 422 g/mol. The van der Waals surface area contributed by atoms with Crippen LogP contribution in [-0.4, -0.2) is 32.5 Å². The predicted octanol–water partition coefficient (Wildman–Crippen LogP) is 3.44. The topological polar surface area (TPSA) is 116 Å². The van der Waals surface area contributed by atoms with Crippen molar-refractivity contribution in [3.63, 3.8) is 0 Å². The molecule has 0 spiro atoms. The first-order valence-electron chi connectivity index (χ1n) is 8.35. The van der Waals surface area contributed by atoms with Crippen molar-refractivity contribution < 1.29 is 22.9 Å². The Bertz CT molecular complexity index is 1180. The lowest BCUT2D eigenvalue weighted by molar-refractivity contribution is -0.384. The number of sulfonamides is 1. The fourth-order valence-corrected chi connectivity index (χ4v) is 5.32. The standard InChI is InChI=1S/C18H18N2O6S2/c1-10(2)17(18(21)26-3)19-28(24,25)12-5-7-15-14(9-12)13-6-4-11(20(22)23)8-16(13)27-15/h4-10,17,19H,1-3H3/t17-/m1/s1. The number of esters is 1. The Morgan fingerprint density at radius 2 is 1.86 bits per heavy atom. The molecule has 0 unspecified atom stereocenters. The second-order valence-corrected chi connectivity index (χ2v) is 9.36. The molecule has 1 heterocycles. The largest absolute Gasteiger partial charge is 0.468 e. The van der Waals surface area contributed by atoms with Crippen LogP contribution in [0.5, 0.6) is 0 Å². The first-order valence-corrected chi connectivity index (χ1v) is 10.6. The predicted molar refractivity (Wildman–Crippen MR) is 107 cm³/mol. The van der Waals surface area contributed by atoms with Gasteiger partial charge in [-0.2, -0.15) is 4.72 Å². The van der Waals surface area contributed by atoms with E-state index in [1.807, 2.05) is 0 Å². The molecule has 1 atom stereocenters. The minimum absolute atomic E-state index is 0.00704. The highest BCUT2D eigenvalue weighted by molar-refractivity contribution is 7.89. The van der Waals surface area contributed by atoms with Gasteiger partial charge in [-0.3, -0.25) is 14.9 Å². The number of rotatable bonds is 6. The Morgan fingerprint density at radius 1 is 1.14 bits per heavy atom. The number of ether oxygens (including phenoxy) is 1. The fourth-order valence-electron chi connectivity index (χ4n) is 2.84. The molecule has 0 bridgehead atoms. The van der Waals surface area contributed by atoms with E-state index in [4.69, 9.17) is 0 Å². The molecule has 2 aromatic carbocycles. The summed E-state index contributed by atoms with van der Waals surface area (Å²) in [6, 6.07) is 8.08. The first kappa shape index (κ1) is 20.2. The maximum Gasteiger partial charge on any atom is 0.324 e. The van der Waals surface area contributed by atoms with Gasteiger partial charge in [0.2, 0.25) is 10.0 Å². The average Bonchev–Trinajstić information content (AvgIpc) is 3.02. The minimum atomic E-state index is -3.97. The smallest absolute Gasteiger partial charge is 0.324 e. The van der Waals surface area contributed by atoms with Crippen LogP contribution >= 0.6 is 11.3 Å². The summed E-state index contributed by atoms with van der Waals surface area (Å²) in [6.07, 6.45) is 0. The number of fused-ring (bicyclic) bond motifs is 3. The molecule has 3 aromatic rings.